The van der Waals surface area contributed by atoms with Crippen LogP contribution in [0.4, 0.5) is 0 Å². The van der Waals surface area contributed by atoms with Crippen LogP contribution >= 0.6 is 0 Å². The van der Waals surface area contributed by atoms with Crippen molar-refractivity contribution in [1.82, 2.24) is 10.3 Å². The first kappa shape index (κ1) is 16.0. The third-order valence-electron chi connectivity index (χ3n) is 4.78. The lowest BCUT2D eigenvalue weighted by atomic mass is 9.90. The number of aromatic nitrogens is 1. The van der Waals surface area contributed by atoms with Crippen molar-refractivity contribution in [2.75, 3.05) is 0 Å². The molecule has 23 heavy (non-hydrogen) atoms. The predicted octanol–water partition coefficient (Wildman–Crippen LogP) is 2.04. The highest BCUT2D eigenvalue weighted by molar-refractivity contribution is 6.01. The summed E-state index contributed by atoms with van der Waals surface area (Å²) in [7, 11) is 0. The molecule has 3 rings (SSSR count). The summed E-state index contributed by atoms with van der Waals surface area (Å²) in [6.07, 6.45) is 1.16. The van der Waals surface area contributed by atoms with E-state index in [1.807, 2.05) is 26.0 Å². The number of amides is 1. The highest BCUT2D eigenvalue weighted by atomic mass is 16.3. The molecule has 1 aromatic heterocycles. The minimum absolute atomic E-state index is 0.214. The van der Waals surface area contributed by atoms with Gasteiger partial charge in [0.05, 0.1) is 18.2 Å². The number of aliphatic hydroxyl groups is 2. The van der Waals surface area contributed by atoms with Gasteiger partial charge in [0.2, 0.25) is 0 Å². The number of hydrogen-bond acceptors (Lipinski definition) is 3. The van der Waals surface area contributed by atoms with Crippen LogP contribution in [0.2, 0.25) is 0 Å². The fourth-order valence-electron chi connectivity index (χ4n) is 3.48. The maximum Gasteiger partial charge on any atom is 0.268 e. The summed E-state index contributed by atoms with van der Waals surface area (Å²) in [4.78, 5) is 15.9. The molecule has 1 aliphatic carbocycles. The Balaban J connectivity index is 1.88. The molecule has 1 saturated carbocycles. The van der Waals surface area contributed by atoms with Crippen molar-refractivity contribution in [3.8, 4) is 0 Å². The molecule has 5 heteroatoms. The van der Waals surface area contributed by atoms with E-state index >= 15 is 0 Å². The monoisotopic (exact) mass is 316 g/mol. The highest BCUT2D eigenvalue weighted by Gasteiger charge is 2.32. The Morgan fingerprint density at radius 2 is 2.13 bits per heavy atom. The van der Waals surface area contributed by atoms with Crippen LogP contribution in [0.5, 0.6) is 0 Å². The lowest BCUT2D eigenvalue weighted by molar-refractivity contribution is -0.0278. The van der Waals surface area contributed by atoms with E-state index in [2.05, 4.69) is 16.4 Å². The number of aromatic amines is 1. The summed E-state index contributed by atoms with van der Waals surface area (Å²) in [6.45, 7) is 4.06. The number of rotatable bonds is 3. The number of hydrogen-bond donors (Lipinski definition) is 4. The minimum atomic E-state index is -0.899. The minimum Gasteiger partial charge on any atom is -0.390 e. The summed E-state index contributed by atoms with van der Waals surface area (Å²) >= 11 is 0. The van der Waals surface area contributed by atoms with E-state index in [4.69, 9.17) is 0 Å². The van der Waals surface area contributed by atoms with Crippen LogP contribution in [0.3, 0.4) is 0 Å². The van der Waals surface area contributed by atoms with Crippen molar-refractivity contribution in [2.24, 2.45) is 0 Å². The van der Waals surface area contributed by atoms with Crippen molar-refractivity contribution in [3.63, 3.8) is 0 Å². The second-order valence-electron chi connectivity index (χ2n) is 6.45. The van der Waals surface area contributed by atoms with Gasteiger partial charge in [0.1, 0.15) is 5.69 Å². The Hall–Kier alpha value is -1.85. The van der Waals surface area contributed by atoms with Crippen LogP contribution in [-0.4, -0.2) is 39.4 Å². The van der Waals surface area contributed by atoms with Gasteiger partial charge in [-0.25, -0.2) is 0 Å². The summed E-state index contributed by atoms with van der Waals surface area (Å²) in [5.74, 6) is -0.214. The Morgan fingerprint density at radius 1 is 1.35 bits per heavy atom. The van der Waals surface area contributed by atoms with Gasteiger partial charge in [-0.2, -0.15) is 0 Å². The maximum atomic E-state index is 12.7. The number of H-pyrrole nitrogens is 1. The van der Waals surface area contributed by atoms with Gasteiger partial charge >= 0.3 is 0 Å². The first-order valence-electron chi connectivity index (χ1n) is 8.29. The maximum absolute atomic E-state index is 12.7. The van der Waals surface area contributed by atoms with Crippen LogP contribution in [-0.2, 0) is 6.42 Å². The first-order valence-corrected chi connectivity index (χ1v) is 8.29. The van der Waals surface area contributed by atoms with E-state index in [-0.39, 0.29) is 5.91 Å². The average molecular weight is 316 g/mol. The number of aliphatic hydroxyl groups excluding tert-OH is 2. The van der Waals surface area contributed by atoms with Gasteiger partial charge in [-0.3, -0.25) is 4.79 Å². The quantitative estimate of drug-likeness (QED) is 0.699. The van der Waals surface area contributed by atoms with Crippen molar-refractivity contribution < 1.29 is 15.0 Å². The molecule has 1 aliphatic rings. The Labute approximate surface area is 135 Å². The second-order valence-corrected chi connectivity index (χ2v) is 6.45. The van der Waals surface area contributed by atoms with Gasteiger partial charge in [0.25, 0.3) is 5.91 Å². The van der Waals surface area contributed by atoms with Gasteiger partial charge < -0.3 is 20.5 Å². The molecule has 0 bridgehead atoms. The van der Waals surface area contributed by atoms with E-state index in [9.17, 15) is 15.0 Å². The topological polar surface area (TPSA) is 85.3 Å². The normalized spacial score (nSPS) is 24.8. The largest absolute Gasteiger partial charge is 0.390 e. The average Bonchev–Trinajstić information content (AvgIpc) is 2.89. The molecule has 4 N–H and O–H groups in total. The molecule has 1 aromatic carbocycles. The summed E-state index contributed by atoms with van der Waals surface area (Å²) in [5, 5.41) is 23.8. The molecule has 5 nitrogen and oxygen atoms in total. The third kappa shape index (κ3) is 2.99. The van der Waals surface area contributed by atoms with Crippen LogP contribution < -0.4 is 5.32 Å². The number of nitrogens with one attached hydrogen (secondary N) is 2. The van der Waals surface area contributed by atoms with E-state index in [1.54, 1.807) is 0 Å². The Bertz CT molecular complexity index is 722. The van der Waals surface area contributed by atoms with E-state index in [0.29, 0.717) is 18.5 Å². The van der Waals surface area contributed by atoms with E-state index in [0.717, 1.165) is 34.9 Å². The molecule has 0 aliphatic heterocycles. The van der Waals surface area contributed by atoms with Crippen LogP contribution in [0.15, 0.2) is 18.2 Å². The van der Waals surface area contributed by atoms with Gasteiger partial charge in [0.15, 0.2) is 0 Å². The van der Waals surface area contributed by atoms with Crippen molar-refractivity contribution >= 4 is 16.8 Å². The summed E-state index contributed by atoms with van der Waals surface area (Å²) in [5.41, 5.74) is 3.65. The van der Waals surface area contributed by atoms with Crippen molar-refractivity contribution in [3.05, 3.63) is 35.0 Å². The van der Waals surface area contributed by atoms with Crippen LogP contribution in [0.1, 0.15) is 47.8 Å². The fourth-order valence-corrected chi connectivity index (χ4v) is 3.48. The number of carbonyl (C=O) groups excluding carboxylic acids is 1. The summed E-state index contributed by atoms with van der Waals surface area (Å²) in [6, 6.07) is 5.69. The molecule has 0 spiro atoms. The standard InChI is InChI=1S/C18H24N2O3/c1-3-11-12-9-10(2)7-8-13(12)19-16(11)18(23)20-14-5-4-6-15(21)17(14)22/h7-9,14-15,17,19,21-22H,3-6H2,1-2H3,(H,20,23)/t14-,15-,17-/m1/s1. The number of benzene rings is 1. The molecule has 2 aromatic rings. The first-order chi connectivity index (χ1) is 11.0. The highest BCUT2D eigenvalue weighted by Crippen LogP contribution is 2.25. The Morgan fingerprint density at radius 3 is 2.87 bits per heavy atom. The van der Waals surface area contributed by atoms with Crippen LogP contribution in [0.25, 0.3) is 10.9 Å². The predicted molar refractivity (Wildman–Crippen MR) is 89.5 cm³/mol. The zero-order chi connectivity index (χ0) is 16.6. The van der Waals surface area contributed by atoms with Gasteiger partial charge in [-0.05, 0) is 50.3 Å². The van der Waals surface area contributed by atoms with Crippen molar-refractivity contribution in [2.45, 2.75) is 57.8 Å². The molecule has 0 unspecified atom stereocenters. The molecule has 1 amide bonds. The van der Waals surface area contributed by atoms with Gasteiger partial charge in [-0.15, -0.1) is 0 Å². The SMILES string of the molecule is CCc1c(C(=O)N[C@@H]2CCC[C@@H](O)[C@@H]2O)[nH]c2ccc(C)cc12. The molecule has 0 saturated heterocycles. The molecule has 1 fully saturated rings. The lowest BCUT2D eigenvalue weighted by Gasteiger charge is -2.32. The molecule has 0 radical (unpaired) electrons. The lowest BCUT2D eigenvalue weighted by Crippen LogP contribution is -2.51. The fraction of sp³-hybridized carbons (Fsp3) is 0.500. The zero-order valence-electron chi connectivity index (χ0n) is 13.6. The second kappa shape index (κ2) is 6.34. The molecule has 124 valence electrons. The number of carbonyl (C=O) groups is 1. The molecule has 1 heterocycles. The van der Waals surface area contributed by atoms with Gasteiger partial charge in [-0.1, -0.05) is 18.6 Å². The Kier molecular flexibility index (Phi) is 4.41. The molecular formula is C18H24N2O3. The van der Waals surface area contributed by atoms with Crippen molar-refractivity contribution in [1.29, 1.82) is 0 Å². The third-order valence-corrected chi connectivity index (χ3v) is 4.78. The van der Waals surface area contributed by atoms with E-state index < -0.39 is 18.2 Å². The molecule has 3 atom stereocenters. The van der Waals surface area contributed by atoms with Gasteiger partial charge in [0, 0.05) is 10.9 Å². The van der Waals surface area contributed by atoms with E-state index in [1.165, 1.54) is 0 Å². The van der Waals surface area contributed by atoms with Crippen LogP contribution in [0, 0.1) is 6.92 Å². The number of aryl methyl sites for hydroxylation is 2. The molecular weight excluding hydrogens is 292 g/mol. The smallest absolute Gasteiger partial charge is 0.268 e. The summed E-state index contributed by atoms with van der Waals surface area (Å²) < 4.78 is 0. The zero-order valence-corrected chi connectivity index (χ0v) is 13.6. The number of fused-ring (bicyclic) bond motifs is 1.